The summed E-state index contributed by atoms with van der Waals surface area (Å²) < 4.78 is 0. The molecule has 1 nitrogen and oxygen atoms in total. The molecule has 0 saturated heterocycles. The maximum Gasteiger partial charge on any atom is 0.240 e. The molecule has 0 unspecified atom stereocenters. The Labute approximate surface area is 456 Å². The first kappa shape index (κ1) is 50.0. The normalized spacial score (nSPS) is 14.0. The number of hydrogen-bond donors (Lipinski definition) is 0. The van der Waals surface area contributed by atoms with Crippen molar-refractivity contribution >= 4 is 92.1 Å². The van der Waals surface area contributed by atoms with Crippen LogP contribution in [0.2, 0.25) is 0 Å². The van der Waals surface area contributed by atoms with Crippen molar-refractivity contribution in [1.82, 2.24) is 0 Å². The van der Waals surface area contributed by atoms with Gasteiger partial charge in [0.15, 0.2) is 8.07 Å². The molecule has 0 bridgehead atoms. The van der Waals surface area contributed by atoms with Gasteiger partial charge >= 0.3 is 0 Å². The first-order chi connectivity index (χ1) is 36.7. The number of rotatable bonds is 10. The monoisotopic (exact) mass is 1000 g/mol. The van der Waals surface area contributed by atoms with Crippen LogP contribution < -0.4 is 58.4 Å². The van der Waals surface area contributed by atoms with Crippen molar-refractivity contribution in [1.29, 1.82) is 0 Å². The highest BCUT2D eigenvalue weighted by atomic mass is 28.3. The molecule has 0 amide bonds. The van der Waals surface area contributed by atoms with Crippen LogP contribution in [0.1, 0.15) is 152 Å². The first-order valence-electron chi connectivity index (χ1n) is 28.6. The van der Waals surface area contributed by atoms with Crippen LogP contribution in [-0.4, -0.2) is 21.5 Å². The minimum absolute atomic E-state index is 0.0707. The summed E-state index contributed by atoms with van der Waals surface area (Å²) in [5, 5.41) is 5.89. The average Bonchev–Trinajstić information content (AvgIpc) is 3.87. The largest absolute Gasteiger partial charge is 0.311 e. The summed E-state index contributed by atoms with van der Waals surface area (Å²) in [6.45, 7) is 28.9. The number of para-hydroxylation sites is 2. The molecule has 0 atom stereocenters. The van der Waals surface area contributed by atoms with E-state index in [1.54, 1.807) is 0 Å². The Morgan fingerprint density at radius 1 is 0.316 bits per heavy atom. The van der Waals surface area contributed by atoms with Gasteiger partial charge in [-0.15, -0.1) is 0 Å². The predicted octanol–water partition coefficient (Wildman–Crippen LogP) is 12.6. The Morgan fingerprint density at radius 3 is 1.09 bits per heavy atom. The van der Waals surface area contributed by atoms with Gasteiger partial charge < -0.3 is 4.90 Å². The molecule has 76 heavy (non-hydrogen) atoms. The summed E-state index contributed by atoms with van der Waals surface area (Å²) in [6, 6.07) is 74.0. The van der Waals surface area contributed by atoms with Gasteiger partial charge in [0.25, 0.3) is 0 Å². The average molecular weight is 1000 g/mol. The van der Waals surface area contributed by atoms with E-state index in [0.717, 1.165) is 0 Å². The maximum absolute atomic E-state index is 2.65. The fourth-order valence-electron chi connectivity index (χ4n) is 14.1. The zero-order valence-electron chi connectivity index (χ0n) is 47.0. The lowest BCUT2D eigenvalue weighted by Gasteiger charge is -2.43. The molecule has 3 heterocycles. The van der Waals surface area contributed by atoms with Crippen molar-refractivity contribution in [3.8, 4) is 22.3 Å². The second kappa shape index (κ2) is 19.3. The van der Waals surface area contributed by atoms with E-state index in [0.29, 0.717) is 35.5 Å². The van der Waals surface area contributed by atoms with E-state index in [-0.39, 0.29) is 13.4 Å². The van der Waals surface area contributed by atoms with Crippen LogP contribution in [0.25, 0.3) is 22.3 Å². The minimum Gasteiger partial charge on any atom is -0.311 e. The number of hydrogen-bond acceptors (Lipinski definition) is 1. The molecule has 1 spiro atoms. The van der Waals surface area contributed by atoms with Crippen molar-refractivity contribution in [2.45, 2.75) is 119 Å². The van der Waals surface area contributed by atoms with Crippen LogP contribution in [0.4, 0.5) is 17.1 Å². The van der Waals surface area contributed by atoms with Crippen molar-refractivity contribution in [3.05, 3.63) is 221 Å². The molecule has 9 aromatic rings. The summed E-state index contributed by atoms with van der Waals surface area (Å²) in [6.07, 6.45) is 0. The van der Waals surface area contributed by atoms with E-state index < -0.39 is 8.07 Å². The molecule has 0 N–H and O–H groups in total. The summed E-state index contributed by atoms with van der Waals surface area (Å²) in [7, 11) is -2.65. The van der Waals surface area contributed by atoms with E-state index >= 15 is 0 Å². The smallest absolute Gasteiger partial charge is 0.240 e. The molecule has 12 rings (SSSR count). The van der Waals surface area contributed by atoms with Crippen LogP contribution in [0, 0.1) is 0 Å². The standard InChI is InChI=1S/C72H73B2NSi/c1-44(2)52-39-57(46(5)6)71(58(40-52)47(7)8)73-61-25-15-16-26-62(61)74(72-59(48(9)10)41-53(45(3)4)42-60(72)49(11)12)64-43-51(35-38-63(64)73)50-33-36-54(37-34-50)75-65-27-17-21-31-69(65)76(70-32-22-18-28-66(70)75)67-29-19-13-23-55(67)56-24-14-20-30-68(56)76/h13-49H,1-12H3. The molecule has 0 saturated carbocycles. The van der Waals surface area contributed by atoms with Gasteiger partial charge in [0.2, 0.25) is 13.4 Å². The van der Waals surface area contributed by atoms with Crippen LogP contribution in [0.3, 0.4) is 0 Å². The topological polar surface area (TPSA) is 3.24 Å². The third-order valence-electron chi connectivity index (χ3n) is 17.8. The van der Waals surface area contributed by atoms with E-state index in [1.807, 2.05) is 0 Å². The van der Waals surface area contributed by atoms with Crippen molar-refractivity contribution in [2.75, 3.05) is 4.90 Å². The molecule has 0 aromatic heterocycles. The fraction of sp³-hybridized carbons (Fsp3) is 0.250. The van der Waals surface area contributed by atoms with Gasteiger partial charge in [0, 0.05) is 17.1 Å². The van der Waals surface area contributed by atoms with E-state index in [1.165, 1.54) is 126 Å². The molecule has 4 heteroatoms. The number of fused-ring (bicyclic) bond motifs is 11. The SMILES string of the molecule is CC(C)c1cc(C(C)C)c(B2c3ccccc3B(c3c(C(C)C)cc(C(C)C)cc3C(C)C)c3cc(-c4ccc(N5c6ccccc6[Si]6(c7ccccc7-c7ccccc76)c6ccccc65)cc4)ccc32)c(C(C)C)c1. The third kappa shape index (κ3) is 7.71. The highest BCUT2D eigenvalue weighted by molar-refractivity contribution is 7.23. The van der Waals surface area contributed by atoms with Gasteiger partial charge in [0.05, 0.1) is 0 Å². The number of anilines is 3. The summed E-state index contributed by atoms with van der Waals surface area (Å²) in [5.74, 6) is 2.36. The quantitative estimate of drug-likeness (QED) is 0.123. The molecule has 0 fully saturated rings. The van der Waals surface area contributed by atoms with Crippen LogP contribution >= 0.6 is 0 Å². The lowest BCUT2D eigenvalue weighted by atomic mass is 9.20. The summed E-state index contributed by atoms with van der Waals surface area (Å²) in [4.78, 5) is 2.55. The molecule has 0 aliphatic carbocycles. The van der Waals surface area contributed by atoms with Gasteiger partial charge in [0.1, 0.15) is 0 Å². The summed E-state index contributed by atoms with van der Waals surface area (Å²) in [5.41, 5.74) is 26.6. The zero-order valence-corrected chi connectivity index (χ0v) is 48.0. The van der Waals surface area contributed by atoms with Crippen LogP contribution in [0.5, 0.6) is 0 Å². The first-order valence-corrected chi connectivity index (χ1v) is 30.6. The minimum atomic E-state index is -2.65. The van der Waals surface area contributed by atoms with E-state index in [4.69, 9.17) is 0 Å². The molecule has 3 aliphatic rings. The van der Waals surface area contributed by atoms with Crippen LogP contribution in [0.15, 0.2) is 188 Å². The Kier molecular flexibility index (Phi) is 12.7. The Hall–Kier alpha value is -6.87. The predicted molar refractivity (Wildman–Crippen MR) is 336 cm³/mol. The second-order valence-corrected chi connectivity index (χ2v) is 27.9. The Morgan fingerprint density at radius 2 is 0.671 bits per heavy atom. The highest BCUT2D eigenvalue weighted by Crippen LogP contribution is 2.42. The van der Waals surface area contributed by atoms with E-state index in [2.05, 4.69) is 276 Å². The zero-order chi connectivity index (χ0) is 52.9. The Balaban J connectivity index is 1.06. The molecule has 0 radical (unpaired) electrons. The molecule has 376 valence electrons. The Bertz CT molecular complexity index is 3560. The van der Waals surface area contributed by atoms with Crippen molar-refractivity contribution in [2.24, 2.45) is 0 Å². The fourth-order valence-corrected chi connectivity index (χ4v) is 19.6. The second-order valence-electron chi connectivity index (χ2n) is 24.3. The highest BCUT2D eigenvalue weighted by Gasteiger charge is 2.54. The van der Waals surface area contributed by atoms with Crippen molar-refractivity contribution < 1.29 is 0 Å². The van der Waals surface area contributed by atoms with E-state index in [9.17, 15) is 0 Å². The molecule has 3 aliphatic heterocycles. The van der Waals surface area contributed by atoms with Gasteiger partial charge in [-0.2, -0.15) is 0 Å². The van der Waals surface area contributed by atoms with Crippen LogP contribution in [-0.2, 0) is 0 Å². The summed E-state index contributed by atoms with van der Waals surface area (Å²) >= 11 is 0. The molecular formula is C72H73B2NSi. The van der Waals surface area contributed by atoms with Gasteiger partial charge in [-0.05, 0) is 136 Å². The number of nitrogens with zero attached hydrogens (tertiary/aromatic N) is 1. The third-order valence-corrected chi connectivity index (χ3v) is 22.7. The lowest BCUT2D eigenvalue weighted by Crippen LogP contribution is -2.76. The van der Waals surface area contributed by atoms with Crippen molar-refractivity contribution in [3.63, 3.8) is 0 Å². The van der Waals surface area contributed by atoms with Gasteiger partial charge in [-0.3, -0.25) is 0 Å². The van der Waals surface area contributed by atoms with Gasteiger partial charge in [-0.25, -0.2) is 0 Å². The number of benzene rings is 9. The lowest BCUT2D eigenvalue weighted by molar-refractivity contribution is 0.812. The molecule has 9 aromatic carbocycles. The maximum atomic E-state index is 2.62. The van der Waals surface area contributed by atoms with Gasteiger partial charge in [-0.1, -0.05) is 280 Å². The molecular weight excluding hydrogens is 929 g/mol.